The summed E-state index contributed by atoms with van der Waals surface area (Å²) in [5.41, 5.74) is 1.62. The van der Waals surface area contributed by atoms with Crippen molar-refractivity contribution >= 4 is 19.5 Å². The van der Waals surface area contributed by atoms with Crippen LogP contribution in [-0.4, -0.2) is 19.5 Å². The van der Waals surface area contributed by atoms with Crippen molar-refractivity contribution in [3.8, 4) is 0 Å². The van der Waals surface area contributed by atoms with E-state index in [1.54, 1.807) is 0 Å². The van der Waals surface area contributed by atoms with Gasteiger partial charge >= 0.3 is 0 Å². The van der Waals surface area contributed by atoms with Crippen molar-refractivity contribution in [1.82, 2.24) is 0 Å². The van der Waals surface area contributed by atoms with Gasteiger partial charge in [-0.1, -0.05) is 54.4 Å². The van der Waals surface area contributed by atoms with Crippen molar-refractivity contribution in [2.45, 2.75) is 65.5 Å². The van der Waals surface area contributed by atoms with Gasteiger partial charge < -0.3 is 4.12 Å². The van der Waals surface area contributed by atoms with E-state index in [4.69, 9.17) is 4.12 Å². The molecule has 0 bridgehead atoms. The minimum Gasteiger partial charge on any atom is -0.465 e. The van der Waals surface area contributed by atoms with E-state index in [2.05, 4.69) is 41.5 Å². The molecule has 0 aromatic carbocycles. The Balaban J connectivity index is 0. The molecule has 0 radical (unpaired) electrons. The second-order valence-corrected chi connectivity index (χ2v) is 9.67. The van der Waals surface area contributed by atoms with Crippen LogP contribution in [0.25, 0.3) is 0 Å². The minimum absolute atomic E-state index is 0.798. The molecule has 0 spiro atoms. The van der Waals surface area contributed by atoms with Gasteiger partial charge in [0, 0.05) is 0 Å². The predicted molar refractivity (Wildman–Crippen MR) is 69.0 cm³/mol. The normalized spacial score (nSPS) is 10.8. The summed E-state index contributed by atoms with van der Waals surface area (Å²) < 4.78 is 5.55. The summed E-state index contributed by atoms with van der Waals surface area (Å²) in [5.74, 6) is 0. The Hall–Kier alpha value is 0.394. The van der Waals surface area contributed by atoms with Crippen LogP contribution >= 0.6 is 0 Å². The van der Waals surface area contributed by atoms with Crippen LogP contribution in [-0.2, 0) is 4.12 Å². The molecule has 0 saturated carbocycles. The molecule has 0 unspecified atom stereocenters. The Labute approximate surface area is 89.5 Å². The van der Waals surface area contributed by atoms with Gasteiger partial charge in [0.1, 0.15) is 10.5 Å². The lowest BCUT2D eigenvalue weighted by Crippen LogP contribution is -2.24. The molecule has 13 heavy (non-hydrogen) atoms. The van der Waals surface area contributed by atoms with E-state index in [0.29, 0.717) is 0 Å². The Morgan fingerprint density at radius 1 is 1.00 bits per heavy atom. The fourth-order valence-electron chi connectivity index (χ4n) is 1.31. The van der Waals surface area contributed by atoms with Crippen LogP contribution in [0, 0.1) is 0 Å². The second-order valence-electron chi connectivity index (χ2n) is 4.19. The standard InChI is InChI=1S/C6H18OSi2.C4H10/c1-5(2)9(7-8)6(3)4;1-3-4-2/h5-6,9H,1-4,8H3;3-4H2,1-2H3. The summed E-state index contributed by atoms with van der Waals surface area (Å²) >= 11 is 0. The van der Waals surface area contributed by atoms with Gasteiger partial charge in [-0.05, 0) is 11.1 Å². The van der Waals surface area contributed by atoms with Crippen molar-refractivity contribution < 1.29 is 4.12 Å². The summed E-state index contributed by atoms with van der Waals surface area (Å²) in [5, 5.41) is 0. The van der Waals surface area contributed by atoms with E-state index in [-0.39, 0.29) is 0 Å². The SMILES string of the molecule is CC(C)[SiH](O[SiH3])C(C)C.CCCC. The Morgan fingerprint density at radius 2 is 1.31 bits per heavy atom. The maximum Gasteiger partial charge on any atom is 0.167 e. The average molecular weight is 221 g/mol. The van der Waals surface area contributed by atoms with Gasteiger partial charge in [-0.15, -0.1) is 0 Å². The van der Waals surface area contributed by atoms with Crippen molar-refractivity contribution in [1.29, 1.82) is 0 Å². The van der Waals surface area contributed by atoms with Crippen LogP contribution in [0.1, 0.15) is 54.4 Å². The molecule has 0 aliphatic heterocycles. The summed E-state index contributed by atoms with van der Waals surface area (Å²) in [6.07, 6.45) is 2.64. The fourth-order valence-corrected chi connectivity index (χ4v) is 7.21. The van der Waals surface area contributed by atoms with Crippen LogP contribution in [0.2, 0.25) is 11.1 Å². The molecule has 0 heterocycles. The molecule has 1 nitrogen and oxygen atoms in total. The molecule has 0 aromatic rings. The molecular weight excluding hydrogens is 192 g/mol. The molecule has 0 aromatic heterocycles. The highest BCUT2D eigenvalue weighted by molar-refractivity contribution is 6.58. The highest BCUT2D eigenvalue weighted by Gasteiger charge is 2.17. The maximum absolute atomic E-state index is 5.55. The van der Waals surface area contributed by atoms with Crippen molar-refractivity contribution in [3.05, 3.63) is 0 Å². The zero-order chi connectivity index (χ0) is 10.9. The first-order valence-corrected chi connectivity index (χ1v) is 8.16. The third-order valence-corrected chi connectivity index (χ3v) is 6.89. The third kappa shape index (κ3) is 10.3. The summed E-state index contributed by atoms with van der Waals surface area (Å²) in [6, 6.07) is 0. The molecule has 0 N–H and O–H groups in total. The third-order valence-electron chi connectivity index (χ3n) is 2.09. The highest BCUT2D eigenvalue weighted by Crippen LogP contribution is 2.19. The fraction of sp³-hybridized carbons (Fsp3) is 1.00. The topological polar surface area (TPSA) is 9.23 Å². The summed E-state index contributed by atoms with van der Waals surface area (Å²) in [7, 11) is 0.132. The molecule has 0 fully saturated rings. The van der Waals surface area contributed by atoms with Gasteiger partial charge in [-0.3, -0.25) is 0 Å². The zero-order valence-corrected chi connectivity index (χ0v) is 13.7. The predicted octanol–water partition coefficient (Wildman–Crippen LogP) is 2.63. The van der Waals surface area contributed by atoms with Crippen molar-refractivity contribution in [3.63, 3.8) is 0 Å². The lowest BCUT2D eigenvalue weighted by Gasteiger charge is -2.20. The molecular formula is C10H28OSi2. The van der Waals surface area contributed by atoms with Gasteiger partial charge in [0.15, 0.2) is 9.04 Å². The average Bonchev–Trinajstić information content (AvgIpc) is 2.04. The van der Waals surface area contributed by atoms with Crippen LogP contribution in [0.15, 0.2) is 0 Å². The molecule has 0 aliphatic carbocycles. The molecule has 0 rings (SSSR count). The van der Waals surface area contributed by atoms with Gasteiger partial charge in [0.25, 0.3) is 0 Å². The molecule has 0 amide bonds. The summed E-state index contributed by atoms with van der Waals surface area (Å²) in [4.78, 5) is 0. The highest BCUT2D eigenvalue weighted by atomic mass is 28.3. The lowest BCUT2D eigenvalue weighted by molar-refractivity contribution is 0.587. The van der Waals surface area contributed by atoms with Gasteiger partial charge in [-0.2, -0.15) is 0 Å². The number of hydrogen-bond acceptors (Lipinski definition) is 1. The number of rotatable bonds is 4. The van der Waals surface area contributed by atoms with Crippen molar-refractivity contribution in [2.24, 2.45) is 0 Å². The van der Waals surface area contributed by atoms with E-state index in [1.807, 2.05) is 0 Å². The van der Waals surface area contributed by atoms with Crippen LogP contribution in [0.4, 0.5) is 0 Å². The van der Waals surface area contributed by atoms with Crippen molar-refractivity contribution in [2.75, 3.05) is 0 Å². The van der Waals surface area contributed by atoms with E-state index in [9.17, 15) is 0 Å². The van der Waals surface area contributed by atoms with E-state index in [1.165, 1.54) is 12.8 Å². The smallest absolute Gasteiger partial charge is 0.167 e. The Morgan fingerprint density at radius 3 is 1.31 bits per heavy atom. The second kappa shape index (κ2) is 10.5. The Bertz CT molecular complexity index is 84.9. The summed E-state index contributed by atoms with van der Waals surface area (Å²) in [6.45, 7) is 13.5. The van der Waals surface area contributed by atoms with Crippen LogP contribution in [0.3, 0.4) is 0 Å². The molecule has 0 aliphatic rings. The monoisotopic (exact) mass is 220 g/mol. The maximum atomic E-state index is 5.55. The first-order chi connectivity index (χ1) is 6.01. The van der Waals surface area contributed by atoms with Gasteiger partial charge in [-0.25, -0.2) is 0 Å². The van der Waals surface area contributed by atoms with Gasteiger partial charge in [0.05, 0.1) is 0 Å². The quantitative estimate of drug-likeness (QED) is 0.662. The molecule has 0 saturated heterocycles. The minimum atomic E-state index is -0.798. The van der Waals surface area contributed by atoms with E-state index >= 15 is 0 Å². The first kappa shape index (κ1) is 15.8. The van der Waals surface area contributed by atoms with Crippen LogP contribution in [0.5, 0.6) is 0 Å². The van der Waals surface area contributed by atoms with E-state index < -0.39 is 9.04 Å². The zero-order valence-electron chi connectivity index (χ0n) is 10.6. The molecule has 82 valence electrons. The number of unbranched alkanes of at least 4 members (excludes halogenated alkanes) is 1. The molecule has 0 atom stereocenters. The van der Waals surface area contributed by atoms with Gasteiger partial charge in [0.2, 0.25) is 0 Å². The lowest BCUT2D eigenvalue weighted by atomic mass is 10.4. The van der Waals surface area contributed by atoms with E-state index in [0.717, 1.165) is 21.6 Å². The number of hydrogen-bond donors (Lipinski definition) is 0. The Kier molecular flexibility index (Phi) is 12.8. The van der Waals surface area contributed by atoms with Crippen LogP contribution < -0.4 is 0 Å². The molecule has 3 heteroatoms. The first-order valence-electron chi connectivity index (χ1n) is 5.53. The largest absolute Gasteiger partial charge is 0.465 e.